The largest absolute Gasteiger partial charge is 1.00 e. The second-order valence-electron chi connectivity index (χ2n) is 7.63. The number of thioether (sulfide) groups is 1. The summed E-state index contributed by atoms with van der Waals surface area (Å²) in [5.41, 5.74) is 1.73. The van der Waals surface area contributed by atoms with Crippen LogP contribution in [0, 0.1) is 0 Å². The number of fused-ring (bicyclic) bond motifs is 1. The van der Waals surface area contributed by atoms with Gasteiger partial charge in [-0.3, -0.25) is 9.59 Å². The zero-order valence-corrected chi connectivity index (χ0v) is 21.5. The van der Waals surface area contributed by atoms with Crippen molar-refractivity contribution in [2.45, 2.75) is 37.0 Å². The molecule has 2 aromatic carbocycles. The van der Waals surface area contributed by atoms with Crippen LogP contribution < -0.4 is 33.7 Å². The fraction of sp³-hybridized carbons (Fsp3) is 0.391. The molecule has 0 spiro atoms. The molecule has 0 unspecified atom stereocenters. The number of quaternary nitrogens is 1. The average molecular weight is 556 g/mol. The first-order chi connectivity index (χ1) is 14.3. The highest BCUT2D eigenvalue weighted by atomic mass is 127. The third-order valence-electron chi connectivity index (χ3n) is 5.20. The van der Waals surface area contributed by atoms with E-state index in [2.05, 4.69) is 0 Å². The van der Waals surface area contributed by atoms with Gasteiger partial charge in [0.25, 0.3) is 0 Å². The number of para-hydroxylation sites is 1. The van der Waals surface area contributed by atoms with E-state index in [9.17, 15) is 9.59 Å². The molecule has 2 atom stereocenters. The molecule has 0 fully saturated rings. The van der Waals surface area contributed by atoms with Gasteiger partial charge in [-0.25, -0.2) is 4.59 Å². The van der Waals surface area contributed by atoms with Crippen LogP contribution in [-0.2, 0) is 14.3 Å². The molecule has 0 aromatic heterocycles. The Morgan fingerprint density at radius 1 is 1.10 bits per heavy atom. The van der Waals surface area contributed by atoms with E-state index < -0.39 is 12.1 Å². The monoisotopic (exact) mass is 556 g/mol. The van der Waals surface area contributed by atoms with Crippen molar-refractivity contribution in [3.05, 3.63) is 54.1 Å². The minimum atomic E-state index is -0.943. The number of hydrogen-bond donors (Lipinski definition) is 0. The number of halogens is 1. The van der Waals surface area contributed by atoms with Crippen LogP contribution in [0.3, 0.4) is 0 Å². The van der Waals surface area contributed by atoms with Crippen molar-refractivity contribution in [2.24, 2.45) is 0 Å². The predicted octanol–water partition coefficient (Wildman–Crippen LogP) is 1.21. The summed E-state index contributed by atoms with van der Waals surface area (Å²) >= 11 is 1.54. The van der Waals surface area contributed by atoms with Crippen molar-refractivity contribution in [3.63, 3.8) is 0 Å². The standard InChI is InChI=1S/C23H29N2O4S.HI/c1-6-25(4,5)24-19-10-8-9-11-20(19)30-22(21(23(24)27)29-16(3)26)17-12-14-18(15-13-17)28-7-2;/h8-15,21-22H,6-7H2,1-5H3;1H/q+1;/p-1/t21-,22+;/m1./s1. The number of rotatable bonds is 6. The maximum atomic E-state index is 13.8. The highest BCUT2D eigenvalue weighted by molar-refractivity contribution is 7.99. The summed E-state index contributed by atoms with van der Waals surface area (Å²) in [4.78, 5) is 26.7. The Kier molecular flexibility index (Phi) is 8.79. The van der Waals surface area contributed by atoms with E-state index >= 15 is 0 Å². The number of hydrogen-bond acceptors (Lipinski definition) is 5. The molecule has 168 valence electrons. The zero-order chi connectivity index (χ0) is 21.9. The van der Waals surface area contributed by atoms with Gasteiger partial charge < -0.3 is 33.5 Å². The Morgan fingerprint density at radius 3 is 2.32 bits per heavy atom. The van der Waals surface area contributed by atoms with Crippen molar-refractivity contribution in [1.82, 2.24) is 0 Å². The van der Waals surface area contributed by atoms with Crippen LogP contribution in [0.25, 0.3) is 0 Å². The Bertz CT molecular complexity index is 920. The number of amides is 1. The molecule has 0 N–H and O–H groups in total. The second kappa shape index (κ2) is 10.7. The number of anilines is 1. The summed E-state index contributed by atoms with van der Waals surface area (Å²) in [5.74, 6) is 0.0621. The quantitative estimate of drug-likeness (QED) is 0.305. The van der Waals surface area contributed by atoms with Crippen LogP contribution >= 0.6 is 11.8 Å². The Hall–Kier alpha value is -1.78. The van der Waals surface area contributed by atoms with Crippen LogP contribution in [0.15, 0.2) is 53.4 Å². The molecule has 0 aliphatic carbocycles. The minimum absolute atomic E-state index is 0. The van der Waals surface area contributed by atoms with Crippen molar-refractivity contribution in [1.29, 1.82) is 0 Å². The van der Waals surface area contributed by atoms with Crippen LogP contribution in [0.5, 0.6) is 5.75 Å². The van der Waals surface area contributed by atoms with Gasteiger partial charge in [-0.05, 0) is 43.7 Å². The molecule has 2 aromatic rings. The van der Waals surface area contributed by atoms with Gasteiger partial charge >= 0.3 is 11.9 Å². The predicted molar refractivity (Wildman–Crippen MR) is 118 cm³/mol. The van der Waals surface area contributed by atoms with Crippen LogP contribution in [-0.4, -0.2) is 49.8 Å². The van der Waals surface area contributed by atoms with Gasteiger partial charge in [0.2, 0.25) is 6.10 Å². The van der Waals surface area contributed by atoms with Gasteiger partial charge in [0.05, 0.1) is 32.5 Å². The Balaban J connectivity index is 0.00000341. The SMILES string of the molecule is CCOc1ccc([C@@H]2Sc3ccccc3N([N+](C)(C)CC)C(=O)[C@@H]2OC(C)=O)cc1.[I-]. The summed E-state index contributed by atoms with van der Waals surface area (Å²) < 4.78 is 11.5. The first kappa shape index (κ1) is 25.5. The first-order valence-electron chi connectivity index (χ1n) is 10.1. The van der Waals surface area contributed by atoms with Gasteiger partial charge in [-0.15, -0.1) is 11.8 Å². The smallest absolute Gasteiger partial charge is 0.315 e. The molecule has 0 bridgehead atoms. The van der Waals surface area contributed by atoms with E-state index in [1.807, 2.05) is 76.5 Å². The maximum absolute atomic E-state index is 13.8. The summed E-state index contributed by atoms with van der Waals surface area (Å²) in [6.45, 7) is 6.58. The fourth-order valence-electron chi connectivity index (χ4n) is 3.45. The number of carbonyl (C=O) groups excluding carboxylic acids is 2. The summed E-state index contributed by atoms with van der Waals surface area (Å²) in [7, 11) is 3.95. The zero-order valence-electron chi connectivity index (χ0n) is 18.5. The maximum Gasteiger partial charge on any atom is 0.315 e. The van der Waals surface area contributed by atoms with Crippen LogP contribution in [0.1, 0.15) is 31.6 Å². The topological polar surface area (TPSA) is 55.8 Å². The summed E-state index contributed by atoms with van der Waals surface area (Å²) in [5, 5.41) is 1.37. The molecule has 6 nitrogen and oxygen atoms in total. The van der Waals surface area contributed by atoms with E-state index in [0.717, 1.165) is 21.9 Å². The number of ether oxygens (including phenoxy) is 2. The van der Waals surface area contributed by atoms with E-state index in [1.54, 1.807) is 16.8 Å². The van der Waals surface area contributed by atoms with Gasteiger partial charge in [0.15, 0.2) is 0 Å². The molecule has 0 saturated carbocycles. The molecule has 8 heteroatoms. The molecule has 1 aliphatic heterocycles. The van der Waals surface area contributed by atoms with E-state index in [4.69, 9.17) is 9.47 Å². The highest BCUT2D eigenvalue weighted by Crippen LogP contribution is 2.47. The van der Waals surface area contributed by atoms with E-state index in [0.29, 0.717) is 17.7 Å². The van der Waals surface area contributed by atoms with Crippen molar-refractivity contribution in [3.8, 4) is 5.75 Å². The molecule has 1 heterocycles. The Morgan fingerprint density at radius 2 is 1.74 bits per heavy atom. The van der Waals surface area contributed by atoms with Crippen molar-refractivity contribution >= 4 is 29.3 Å². The van der Waals surface area contributed by atoms with Gasteiger partial charge in [-0.1, -0.05) is 24.3 Å². The number of nitrogens with zero attached hydrogens (tertiary/aromatic N) is 2. The van der Waals surface area contributed by atoms with E-state index in [-0.39, 0.29) is 35.1 Å². The Labute approximate surface area is 205 Å². The lowest BCUT2D eigenvalue weighted by atomic mass is 10.1. The first-order valence-corrected chi connectivity index (χ1v) is 11.0. The lowest BCUT2D eigenvalue weighted by molar-refractivity contribution is -0.890. The molecule has 1 aliphatic rings. The number of benzene rings is 2. The van der Waals surface area contributed by atoms with Crippen molar-refractivity contribution < 1.29 is 47.6 Å². The molecule has 1 amide bonds. The minimum Gasteiger partial charge on any atom is -1.00 e. The van der Waals surface area contributed by atoms with Gasteiger partial charge in [0.1, 0.15) is 11.4 Å². The third-order valence-corrected chi connectivity index (χ3v) is 6.57. The second-order valence-corrected chi connectivity index (χ2v) is 8.81. The van der Waals surface area contributed by atoms with Crippen LogP contribution in [0.4, 0.5) is 5.69 Å². The molecule has 0 saturated heterocycles. The third kappa shape index (κ3) is 5.53. The molecule has 0 radical (unpaired) electrons. The molecule has 31 heavy (non-hydrogen) atoms. The summed E-state index contributed by atoms with van der Waals surface area (Å²) in [6.07, 6.45) is -0.943. The molecular weight excluding hydrogens is 527 g/mol. The molecule has 3 rings (SSSR count). The normalized spacial score (nSPS) is 18.5. The fourth-order valence-corrected chi connectivity index (χ4v) is 4.75. The lowest BCUT2D eigenvalue weighted by Gasteiger charge is -2.39. The van der Waals surface area contributed by atoms with Crippen LogP contribution in [0.2, 0.25) is 0 Å². The molecular formula is C23H29IN2O4S. The van der Waals surface area contributed by atoms with E-state index in [1.165, 1.54) is 6.92 Å². The van der Waals surface area contributed by atoms with Gasteiger partial charge in [0, 0.05) is 11.8 Å². The van der Waals surface area contributed by atoms with Gasteiger partial charge in [-0.2, -0.15) is 5.01 Å². The lowest BCUT2D eigenvalue weighted by Crippen LogP contribution is -3.00. The summed E-state index contributed by atoms with van der Waals surface area (Å²) in [6, 6.07) is 15.5. The number of esters is 1. The average Bonchev–Trinajstić information content (AvgIpc) is 2.83. The highest BCUT2D eigenvalue weighted by Gasteiger charge is 2.46. The van der Waals surface area contributed by atoms with Crippen molar-refractivity contribution in [2.75, 3.05) is 32.3 Å². The number of carbonyl (C=O) groups is 2.